The Labute approximate surface area is 218 Å². The van der Waals surface area contributed by atoms with Crippen LogP contribution >= 0.6 is 0 Å². The molecule has 0 radical (unpaired) electrons. The SMILES string of the molecule is CCOC(=O)CCc1cn(C(C)C(=O)NCCc2ccccc2)c2ccc(OCc3ccccc3)cc12. The first-order valence-corrected chi connectivity index (χ1v) is 12.8. The van der Waals surface area contributed by atoms with Gasteiger partial charge >= 0.3 is 5.97 Å². The molecule has 4 aromatic rings. The Morgan fingerprint density at radius 1 is 0.919 bits per heavy atom. The third kappa shape index (κ3) is 7.00. The summed E-state index contributed by atoms with van der Waals surface area (Å²) in [5.74, 6) is 0.465. The maximum absolute atomic E-state index is 13.0. The average Bonchev–Trinajstić information content (AvgIpc) is 3.29. The van der Waals surface area contributed by atoms with E-state index in [-0.39, 0.29) is 18.3 Å². The molecule has 0 bridgehead atoms. The Morgan fingerprint density at radius 2 is 1.62 bits per heavy atom. The van der Waals surface area contributed by atoms with Crippen LogP contribution < -0.4 is 10.1 Å². The second-order valence-electron chi connectivity index (χ2n) is 9.02. The largest absolute Gasteiger partial charge is 0.489 e. The molecule has 1 heterocycles. The minimum absolute atomic E-state index is 0.0471. The molecule has 0 aliphatic heterocycles. The lowest BCUT2D eigenvalue weighted by atomic mass is 10.1. The van der Waals surface area contributed by atoms with Crippen molar-refractivity contribution in [2.45, 2.75) is 45.8 Å². The van der Waals surface area contributed by atoms with Crippen LogP contribution in [0.15, 0.2) is 85.1 Å². The molecular weight excluding hydrogens is 464 g/mol. The second kappa shape index (κ2) is 12.8. The summed E-state index contributed by atoms with van der Waals surface area (Å²) in [6.07, 6.45) is 3.55. The van der Waals surface area contributed by atoms with E-state index in [4.69, 9.17) is 9.47 Å². The molecule has 0 aliphatic rings. The predicted molar refractivity (Wildman–Crippen MR) is 146 cm³/mol. The number of nitrogens with one attached hydrogen (secondary N) is 1. The number of nitrogens with zero attached hydrogens (tertiary/aromatic N) is 1. The summed E-state index contributed by atoms with van der Waals surface area (Å²) in [5.41, 5.74) is 4.18. The Kier molecular flexibility index (Phi) is 8.98. The van der Waals surface area contributed by atoms with Crippen LogP contribution in [0.1, 0.15) is 43.0 Å². The van der Waals surface area contributed by atoms with Crippen molar-refractivity contribution >= 4 is 22.8 Å². The van der Waals surface area contributed by atoms with E-state index in [0.717, 1.165) is 34.2 Å². The number of fused-ring (bicyclic) bond motifs is 1. The molecule has 0 aliphatic carbocycles. The zero-order valence-corrected chi connectivity index (χ0v) is 21.5. The molecule has 1 N–H and O–H groups in total. The highest BCUT2D eigenvalue weighted by Crippen LogP contribution is 2.30. The number of esters is 1. The fraction of sp³-hybridized carbons (Fsp3) is 0.290. The van der Waals surface area contributed by atoms with Crippen molar-refractivity contribution in [3.05, 3.63) is 102 Å². The van der Waals surface area contributed by atoms with Gasteiger partial charge in [0.15, 0.2) is 0 Å². The molecule has 4 rings (SSSR count). The number of hydrogen-bond donors (Lipinski definition) is 1. The molecular formula is C31H34N2O4. The predicted octanol–water partition coefficient (Wildman–Crippen LogP) is 5.64. The number of amides is 1. The second-order valence-corrected chi connectivity index (χ2v) is 9.02. The van der Waals surface area contributed by atoms with Gasteiger partial charge in [-0.1, -0.05) is 60.7 Å². The summed E-state index contributed by atoms with van der Waals surface area (Å²) < 4.78 is 13.2. The van der Waals surface area contributed by atoms with E-state index in [0.29, 0.717) is 26.2 Å². The number of aryl methyl sites for hydroxylation is 1. The lowest BCUT2D eigenvalue weighted by Gasteiger charge is -2.16. The minimum Gasteiger partial charge on any atom is -0.489 e. The van der Waals surface area contributed by atoms with Crippen LogP contribution in [0.2, 0.25) is 0 Å². The van der Waals surface area contributed by atoms with Crippen molar-refractivity contribution < 1.29 is 19.1 Å². The maximum atomic E-state index is 13.0. The molecule has 37 heavy (non-hydrogen) atoms. The minimum atomic E-state index is -0.411. The first kappa shape index (κ1) is 26.0. The molecule has 1 atom stereocenters. The van der Waals surface area contributed by atoms with Crippen LogP contribution in [-0.2, 0) is 33.8 Å². The number of aromatic nitrogens is 1. The topological polar surface area (TPSA) is 69.6 Å². The summed E-state index contributed by atoms with van der Waals surface area (Å²) >= 11 is 0. The zero-order chi connectivity index (χ0) is 26.0. The van der Waals surface area contributed by atoms with E-state index >= 15 is 0 Å². The van der Waals surface area contributed by atoms with Gasteiger partial charge in [0, 0.05) is 30.1 Å². The van der Waals surface area contributed by atoms with Gasteiger partial charge in [0.2, 0.25) is 5.91 Å². The van der Waals surface area contributed by atoms with Gasteiger partial charge in [0.1, 0.15) is 18.4 Å². The highest BCUT2D eigenvalue weighted by molar-refractivity contribution is 5.89. The van der Waals surface area contributed by atoms with Gasteiger partial charge in [-0.25, -0.2) is 0 Å². The monoisotopic (exact) mass is 498 g/mol. The fourth-order valence-electron chi connectivity index (χ4n) is 4.37. The quantitative estimate of drug-likeness (QED) is 0.257. The molecule has 0 saturated heterocycles. The Morgan fingerprint density at radius 3 is 2.32 bits per heavy atom. The Hall–Kier alpha value is -4.06. The number of carbonyl (C=O) groups is 2. The van der Waals surface area contributed by atoms with E-state index < -0.39 is 6.04 Å². The van der Waals surface area contributed by atoms with Crippen LogP contribution in [0.3, 0.4) is 0 Å². The normalized spacial score (nSPS) is 11.7. The standard InChI is InChI=1S/C31H34N2O4/c1-3-36-30(34)17-14-26-21-33(23(2)31(35)32-19-18-24-10-6-4-7-11-24)29-16-15-27(20-28(26)29)37-22-25-12-8-5-9-13-25/h4-13,15-16,20-21,23H,3,14,17-19,22H2,1-2H3,(H,32,35). The smallest absolute Gasteiger partial charge is 0.306 e. The van der Waals surface area contributed by atoms with Crippen molar-refractivity contribution in [3.63, 3.8) is 0 Å². The summed E-state index contributed by atoms with van der Waals surface area (Å²) in [4.78, 5) is 25.1. The molecule has 3 aromatic carbocycles. The van der Waals surface area contributed by atoms with Gasteiger partial charge in [0.25, 0.3) is 0 Å². The molecule has 1 aromatic heterocycles. The molecule has 1 amide bonds. The molecule has 192 valence electrons. The molecule has 6 heteroatoms. The fourth-order valence-corrected chi connectivity index (χ4v) is 4.37. The van der Waals surface area contributed by atoms with E-state index in [9.17, 15) is 9.59 Å². The molecule has 1 unspecified atom stereocenters. The lowest BCUT2D eigenvalue weighted by Crippen LogP contribution is -2.32. The third-order valence-electron chi connectivity index (χ3n) is 6.39. The van der Waals surface area contributed by atoms with Crippen molar-refractivity contribution in [2.75, 3.05) is 13.2 Å². The highest BCUT2D eigenvalue weighted by Gasteiger charge is 2.20. The zero-order valence-electron chi connectivity index (χ0n) is 21.5. The lowest BCUT2D eigenvalue weighted by molar-refractivity contribution is -0.143. The van der Waals surface area contributed by atoms with Crippen molar-refractivity contribution in [1.82, 2.24) is 9.88 Å². The van der Waals surface area contributed by atoms with Crippen LogP contribution in [0.25, 0.3) is 10.9 Å². The van der Waals surface area contributed by atoms with Gasteiger partial charge in [-0.3, -0.25) is 9.59 Å². The first-order chi connectivity index (χ1) is 18.0. The van der Waals surface area contributed by atoms with Crippen molar-refractivity contribution in [3.8, 4) is 5.75 Å². The number of carbonyl (C=O) groups excluding carboxylic acids is 2. The van der Waals surface area contributed by atoms with Crippen molar-refractivity contribution in [2.24, 2.45) is 0 Å². The summed E-state index contributed by atoms with van der Waals surface area (Å²) in [6.45, 7) is 5.09. The third-order valence-corrected chi connectivity index (χ3v) is 6.39. The molecule has 6 nitrogen and oxygen atoms in total. The molecule has 0 spiro atoms. The van der Waals surface area contributed by atoms with Crippen LogP contribution in [-0.4, -0.2) is 29.6 Å². The Balaban J connectivity index is 1.52. The highest BCUT2D eigenvalue weighted by atomic mass is 16.5. The van der Waals surface area contributed by atoms with Gasteiger partial charge in [-0.2, -0.15) is 0 Å². The van der Waals surface area contributed by atoms with Gasteiger partial charge in [-0.05, 0) is 61.6 Å². The first-order valence-electron chi connectivity index (χ1n) is 12.8. The molecule has 0 saturated carbocycles. The number of hydrogen-bond acceptors (Lipinski definition) is 4. The van der Waals surface area contributed by atoms with Crippen LogP contribution in [0, 0.1) is 0 Å². The number of rotatable bonds is 12. The van der Waals surface area contributed by atoms with Crippen LogP contribution in [0.5, 0.6) is 5.75 Å². The van der Waals surface area contributed by atoms with Crippen molar-refractivity contribution in [1.29, 1.82) is 0 Å². The maximum Gasteiger partial charge on any atom is 0.306 e. The van der Waals surface area contributed by atoms with Crippen LogP contribution in [0.4, 0.5) is 0 Å². The van der Waals surface area contributed by atoms with Gasteiger partial charge in [-0.15, -0.1) is 0 Å². The number of benzene rings is 3. The van der Waals surface area contributed by atoms with E-state index in [1.807, 2.05) is 84.4 Å². The summed E-state index contributed by atoms with van der Waals surface area (Å²) in [7, 11) is 0. The van der Waals surface area contributed by atoms with E-state index in [2.05, 4.69) is 17.4 Å². The van der Waals surface area contributed by atoms with E-state index in [1.54, 1.807) is 6.92 Å². The average molecular weight is 499 g/mol. The Bertz CT molecular complexity index is 1320. The van der Waals surface area contributed by atoms with Gasteiger partial charge < -0.3 is 19.4 Å². The summed E-state index contributed by atoms with van der Waals surface area (Å²) in [6, 6.07) is 25.6. The summed E-state index contributed by atoms with van der Waals surface area (Å²) in [5, 5.41) is 4.03. The number of ether oxygens (including phenoxy) is 2. The van der Waals surface area contributed by atoms with E-state index in [1.165, 1.54) is 5.56 Å². The van der Waals surface area contributed by atoms with Gasteiger partial charge in [0.05, 0.1) is 6.61 Å². The molecule has 0 fully saturated rings.